The van der Waals surface area contributed by atoms with Gasteiger partial charge in [-0.2, -0.15) is 0 Å². The highest BCUT2D eigenvalue weighted by Crippen LogP contribution is 2.23. The van der Waals surface area contributed by atoms with Crippen LogP contribution in [-0.4, -0.2) is 25.0 Å². The fourth-order valence-corrected chi connectivity index (χ4v) is 3.89. The summed E-state index contributed by atoms with van der Waals surface area (Å²) in [7, 11) is 2.01. The van der Waals surface area contributed by atoms with Gasteiger partial charge in [0.15, 0.2) is 0 Å². The first kappa shape index (κ1) is 14.0. The highest BCUT2D eigenvalue weighted by atomic mass is 79.9. The van der Waals surface area contributed by atoms with Gasteiger partial charge in [-0.15, -0.1) is 11.3 Å². The van der Waals surface area contributed by atoms with Gasteiger partial charge >= 0.3 is 0 Å². The Morgan fingerprint density at radius 1 is 1.33 bits per heavy atom. The van der Waals surface area contributed by atoms with E-state index >= 15 is 0 Å². The van der Waals surface area contributed by atoms with E-state index < -0.39 is 0 Å². The Balaban J connectivity index is 1.75. The molecule has 1 fully saturated rings. The van der Waals surface area contributed by atoms with Crippen molar-refractivity contribution in [2.45, 2.75) is 44.2 Å². The maximum absolute atomic E-state index is 11.9. The zero-order chi connectivity index (χ0) is 13.0. The first-order chi connectivity index (χ1) is 8.67. The van der Waals surface area contributed by atoms with Gasteiger partial charge in [0.2, 0.25) is 5.91 Å². The predicted molar refractivity (Wildman–Crippen MR) is 79.0 cm³/mol. The lowest BCUT2D eigenvalue weighted by Crippen LogP contribution is -2.41. The maximum Gasteiger partial charge on any atom is 0.225 e. The van der Waals surface area contributed by atoms with Crippen molar-refractivity contribution in [3.63, 3.8) is 0 Å². The van der Waals surface area contributed by atoms with Crippen LogP contribution in [0.25, 0.3) is 0 Å². The van der Waals surface area contributed by atoms with Crippen molar-refractivity contribution in [3.8, 4) is 0 Å². The standard InChI is InChI=1S/C13H19BrN2OS/c1-15-9-2-4-10(5-3-9)16-13(17)8-11-6-7-12(14)18-11/h6-7,9-10,15H,2-5,8H2,1H3,(H,16,17). The lowest BCUT2D eigenvalue weighted by Gasteiger charge is -2.28. The number of halogens is 1. The van der Waals surface area contributed by atoms with Crippen LogP contribution in [0.1, 0.15) is 30.6 Å². The van der Waals surface area contributed by atoms with Crippen molar-refractivity contribution in [1.29, 1.82) is 0 Å². The molecule has 2 rings (SSSR count). The summed E-state index contributed by atoms with van der Waals surface area (Å²) in [6.45, 7) is 0. The number of carbonyl (C=O) groups is 1. The van der Waals surface area contributed by atoms with Gasteiger partial charge in [0.05, 0.1) is 10.2 Å². The van der Waals surface area contributed by atoms with Crippen LogP contribution in [0.3, 0.4) is 0 Å². The lowest BCUT2D eigenvalue weighted by atomic mass is 9.91. The summed E-state index contributed by atoms with van der Waals surface area (Å²) in [5.41, 5.74) is 0. The van der Waals surface area contributed by atoms with E-state index in [1.165, 1.54) is 0 Å². The van der Waals surface area contributed by atoms with Gasteiger partial charge in [-0.3, -0.25) is 4.79 Å². The molecular weight excluding hydrogens is 312 g/mol. The van der Waals surface area contributed by atoms with Gasteiger partial charge in [-0.25, -0.2) is 0 Å². The molecule has 0 aliphatic heterocycles. The predicted octanol–water partition coefficient (Wildman–Crippen LogP) is 2.70. The van der Waals surface area contributed by atoms with E-state index in [1.54, 1.807) is 11.3 Å². The third-order valence-corrected chi connectivity index (χ3v) is 5.09. The molecule has 1 aliphatic carbocycles. The van der Waals surface area contributed by atoms with Gasteiger partial charge in [0.25, 0.3) is 0 Å². The molecule has 18 heavy (non-hydrogen) atoms. The molecule has 1 aliphatic rings. The van der Waals surface area contributed by atoms with E-state index in [-0.39, 0.29) is 5.91 Å². The van der Waals surface area contributed by atoms with Crippen LogP contribution >= 0.6 is 27.3 Å². The number of carbonyl (C=O) groups excluding carboxylic acids is 1. The smallest absolute Gasteiger partial charge is 0.225 e. The van der Waals surface area contributed by atoms with Crippen LogP contribution in [-0.2, 0) is 11.2 Å². The highest BCUT2D eigenvalue weighted by Gasteiger charge is 2.21. The summed E-state index contributed by atoms with van der Waals surface area (Å²) in [5, 5.41) is 6.45. The zero-order valence-electron chi connectivity index (χ0n) is 10.5. The average Bonchev–Trinajstić information content (AvgIpc) is 2.75. The third-order valence-electron chi connectivity index (χ3n) is 3.46. The van der Waals surface area contributed by atoms with Crippen molar-refractivity contribution < 1.29 is 4.79 Å². The van der Waals surface area contributed by atoms with Crippen molar-refractivity contribution in [2.75, 3.05) is 7.05 Å². The van der Waals surface area contributed by atoms with E-state index in [1.807, 2.05) is 19.2 Å². The summed E-state index contributed by atoms with van der Waals surface area (Å²) in [6.07, 6.45) is 5.00. The Morgan fingerprint density at radius 2 is 2.00 bits per heavy atom. The molecule has 0 aromatic carbocycles. The Morgan fingerprint density at radius 3 is 2.56 bits per heavy atom. The lowest BCUT2D eigenvalue weighted by molar-refractivity contribution is -0.121. The van der Waals surface area contributed by atoms with Gasteiger partial charge in [-0.1, -0.05) is 0 Å². The Labute approximate surface area is 120 Å². The molecule has 1 aromatic rings. The number of amides is 1. The third kappa shape index (κ3) is 4.07. The fourth-order valence-electron chi connectivity index (χ4n) is 2.41. The van der Waals surface area contributed by atoms with Crippen LogP contribution in [0.4, 0.5) is 0 Å². The van der Waals surface area contributed by atoms with Crippen LogP contribution in [0.15, 0.2) is 15.9 Å². The van der Waals surface area contributed by atoms with E-state index in [2.05, 4.69) is 26.6 Å². The fraction of sp³-hybridized carbons (Fsp3) is 0.615. The minimum atomic E-state index is 0.150. The average molecular weight is 331 g/mol. The molecular formula is C13H19BrN2OS. The molecule has 100 valence electrons. The van der Waals surface area contributed by atoms with Gasteiger partial charge in [-0.05, 0) is 60.8 Å². The second kappa shape index (κ2) is 6.68. The first-order valence-electron chi connectivity index (χ1n) is 6.38. The van der Waals surface area contributed by atoms with Crippen LogP contribution < -0.4 is 10.6 Å². The van der Waals surface area contributed by atoms with Crippen LogP contribution in [0, 0.1) is 0 Å². The second-order valence-corrected chi connectivity index (χ2v) is 7.33. The minimum Gasteiger partial charge on any atom is -0.353 e. The maximum atomic E-state index is 11.9. The summed E-state index contributed by atoms with van der Waals surface area (Å²) in [6, 6.07) is 4.99. The normalized spacial score (nSPS) is 23.9. The molecule has 2 N–H and O–H groups in total. The van der Waals surface area contributed by atoms with Crippen molar-refractivity contribution in [1.82, 2.24) is 10.6 Å². The van der Waals surface area contributed by atoms with E-state index in [9.17, 15) is 4.79 Å². The molecule has 0 unspecified atom stereocenters. The Hall–Kier alpha value is -0.390. The van der Waals surface area contributed by atoms with E-state index in [0.29, 0.717) is 18.5 Å². The van der Waals surface area contributed by atoms with Crippen molar-refractivity contribution in [2.24, 2.45) is 0 Å². The van der Waals surface area contributed by atoms with E-state index in [0.717, 1.165) is 34.3 Å². The molecule has 1 aromatic heterocycles. The number of nitrogens with one attached hydrogen (secondary N) is 2. The molecule has 1 saturated carbocycles. The van der Waals surface area contributed by atoms with Gasteiger partial charge in [0.1, 0.15) is 0 Å². The largest absolute Gasteiger partial charge is 0.353 e. The number of rotatable bonds is 4. The summed E-state index contributed by atoms with van der Waals surface area (Å²) < 4.78 is 1.08. The number of hydrogen-bond donors (Lipinski definition) is 2. The Kier molecular flexibility index (Phi) is 5.21. The second-order valence-electron chi connectivity index (χ2n) is 4.79. The summed E-state index contributed by atoms with van der Waals surface area (Å²) in [5.74, 6) is 0.150. The summed E-state index contributed by atoms with van der Waals surface area (Å²) >= 11 is 5.04. The summed E-state index contributed by atoms with van der Waals surface area (Å²) in [4.78, 5) is 13.0. The molecule has 1 amide bonds. The molecule has 1 heterocycles. The van der Waals surface area contributed by atoms with E-state index in [4.69, 9.17) is 0 Å². The first-order valence-corrected chi connectivity index (χ1v) is 7.99. The number of thiophene rings is 1. The van der Waals surface area contributed by atoms with Gasteiger partial charge in [0, 0.05) is 17.0 Å². The van der Waals surface area contributed by atoms with Crippen LogP contribution in [0.5, 0.6) is 0 Å². The van der Waals surface area contributed by atoms with Gasteiger partial charge < -0.3 is 10.6 Å². The molecule has 0 saturated heterocycles. The van der Waals surface area contributed by atoms with Crippen molar-refractivity contribution in [3.05, 3.63) is 20.8 Å². The van der Waals surface area contributed by atoms with Crippen molar-refractivity contribution >= 4 is 33.2 Å². The highest BCUT2D eigenvalue weighted by molar-refractivity contribution is 9.11. The Bertz CT molecular complexity index is 399. The molecule has 0 radical (unpaired) electrons. The molecule has 0 spiro atoms. The monoisotopic (exact) mass is 330 g/mol. The number of hydrogen-bond acceptors (Lipinski definition) is 3. The molecule has 0 atom stereocenters. The SMILES string of the molecule is CNC1CCC(NC(=O)Cc2ccc(Br)s2)CC1. The molecule has 0 bridgehead atoms. The van der Waals surface area contributed by atoms with Crippen LogP contribution in [0.2, 0.25) is 0 Å². The topological polar surface area (TPSA) is 41.1 Å². The zero-order valence-corrected chi connectivity index (χ0v) is 12.9. The quantitative estimate of drug-likeness (QED) is 0.891. The molecule has 5 heteroatoms. The minimum absolute atomic E-state index is 0.150. The molecule has 3 nitrogen and oxygen atoms in total.